The molecule has 0 N–H and O–H groups in total. The highest BCUT2D eigenvalue weighted by atomic mass is 35.5. The van der Waals surface area contributed by atoms with E-state index >= 15 is 0 Å². The van der Waals surface area contributed by atoms with Gasteiger partial charge in [-0.1, -0.05) is 19.1 Å². The van der Waals surface area contributed by atoms with Gasteiger partial charge in [0.05, 0.1) is 4.90 Å². The second-order valence-corrected chi connectivity index (χ2v) is 6.32. The first kappa shape index (κ1) is 14.2. The summed E-state index contributed by atoms with van der Waals surface area (Å²) in [5, 5.41) is 1.50. The van der Waals surface area contributed by atoms with Crippen LogP contribution in [0.15, 0.2) is 41.6 Å². The number of hydrogen-bond donors (Lipinski definition) is 0. The first-order valence-corrected chi connectivity index (χ1v) is 7.97. The summed E-state index contributed by atoms with van der Waals surface area (Å²) in [5.41, 5.74) is 0. The third-order valence-corrected chi connectivity index (χ3v) is 5.15. The van der Waals surface area contributed by atoms with Crippen LogP contribution in [0, 0.1) is 0 Å². The quantitative estimate of drug-likeness (QED) is 0.797. The summed E-state index contributed by atoms with van der Waals surface area (Å²) < 4.78 is 26.6. The predicted octanol–water partition coefficient (Wildman–Crippen LogP) is 2.48. The maximum absolute atomic E-state index is 12.6. The van der Waals surface area contributed by atoms with Crippen molar-refractivity contribution in [1.29, 1.82) is 0 Å². The van der Waals surface area contributed by atoms with E-state index in [0.717, 1.165) is 5.39 Å². The lowest BCUT2D eigenvalue weighted by molar-refractivity contribution is 0.447. The van der Waals surface area contributed by atoms with Gasteiger partial charge in [0, 0.05) is 42.1 Å². The molecule has 0 aliphatic heterocycles. The van der Waals surface area contributed by atoms with Crippen molar-refractivity contribution in [2.24, 2.45) is 0 Å². The van der Waals surface area contributed by atoms with Crippen molar-refractivity contribution in [3.8, 4) is 0 Å². The molecule has 0 fully saturated rings. The van der Waals surface area contributed by atoms with E-state index in [1.165, 1.54) is 4.31 Å². The number of pyridine rings is 1. The van der Waals surface area contributed by atoms with Gasteiger partial charge in [-0.15, -0.1) is 11.6 Å². The second-order valence-electron chi connectivity index (χ2n) is 4.04. The Morgan fingerprint density at radius 3 is 2.79 bits per heavy atom. The van der Waals surface area contributed by atoms with Crippen molar-refractivity contribution in [3.05, 3.63) is 36.7 Å². The van der Waals surface area contributed by atoms with E-state index in [2.05, 4.69) is 4.98 Å². The predicted molar refractivity (Wildman–Crippen MR) is 76.9 cm³/mol. The SMILES string of the molecule is CCN(CCCl)S(=O)(=O)c1cccc2cnccc12. The molecule has 102 valence electrons. The molecule has 0 spiro atoms. The molecule has 0 unspecified atom stereocenters. The van der Waals surface area contributed by atoms with Gasteiger partial charge in [0.15, 0.2) is 0 Å². The molecule has 0 radical (unpaired) electrons. The zero-order chi connectivity index (χ0) is 13.9. The minimum Gasteiger partial charge on any atom is -0.264 e. The molecule has 0 saturated carbocycles. The number of fused-ring (bicyclic) bond motifs is 1. The zero-order valence-corrected chi connectivity index (χ0v) is 12.2. The summed E-state index contributed by atoms with van der Waals surface area (Å²) in [6.07, 6.45) is 3.26. The van der Waals surface area contributed by atoms with Crippen LogP contribution in [0.5, 0.6) is 0 Å². The van der Waals surface area contributed by atoms with E-state index in [1.54, 1.807) is 37.5 Å². The van der Waals surface area contributed by atoms with Gasteiger partial charge in [0.1, 0.15) is 0 Å². The average Bonchev–Trinajstić information content (AvgIpc) is 2.43. The number of benzene rings is 1. The van der Waals surface area contributed by atoms with Gasteiger partial charge in [-0.3, -0.25) is 4.98 Å². The summed E-state index contributed by atoms with van der Waals surface area (Å²) in [4.78, 5) is 4.31. The molecular formula is C13H15ClN2O2S. The van der Waals surface area contributed by atoms with E-state index in [9.17, 15) is 8.42 Å². The smallest absolute Gasteiger partial charge is 0.243 e. The number of nitrogens with zero attached hydrogens (tertiary/aromatic N) is 2. The van der Waals surface area contributed by atoms with Crippen LogP contribution in [0.4, 0.5) is 0 Å². The third kappa shape index (κ3) is 2.73. The molecule has 2 rings (SSSR count). The lowest BCUT2D eigenvalue weighted by Gasteiger charge is -2.20. The fourth-order valence-corrected chi connectivity index (χ4v) is 3.97. The molecule has 1 aromatic carbocycles. The van der Waals surface area contributed by atoms with Gasteiger partial charge in [-0.05, 0) is 12.1 Å². The highest BCUT2D eigenvalue weighted by Crippen LogP contribution is 2.24. The molecule has 6 heteroatoms. The topological polar surface area (TPSA) is 50.3 Å². The van der Waals surface area contributed by atoms with Crippen molar-refractivity contribution in [2.45, 2.75) is 11.8 Å². The number of halogens is 1. The molecule has 19 heavy (non-hydrogen) atoms. The van der Waals surface area contributed by atoms with E-state index in [0.29, 0.717) is 23.4 Å². The van der Waals surface area contributed by atoms with Gasteiger partial charge < -0.3 is 0 Å². The van der Waals surface area contributed by atoms with E-state index < -0.39 is 10.0 Å². The Hall–Kier alpha value is -1.17. The Morgan fingerprint density at radius 1 is 1.32 bits per heavy atom. The molecule has 0 amide bonds. The Bertz CT molecular complexity index is 668. The molecule has 0 saturated heterocycles. The van der Waals surface area contributed by atoms with Crippen LogP contribution in [0.2, 0.25) is 0 Å². The summed E-state index contributed by atoms with van der Waals surface area (Å²) in [6, 6.07) is 6.91. The number of alkyl halides is 1. The molecular weight excluding hydrogens is 284 g/mol. The van der Waals surface area contributed by atoms with Crippen LogP contribution in [-0.4, -0.2) is 36.7 Å². The van der Waals surface area contributed by atoms with Gasteiger partial charge >= 0.3 is 0 Å². The minimum atomic E-state index is -3.52. The molecule has 1 heterocycles. The summed E-state index contributed by atoms with van der Waals surface area (Å²) in [6.45, 7) is 2.51. The molecule has 0 aliphatic rings. The van der Waals surface area contributed by atoms with Crippen molar-refractivity contribution in [2.75, 3.05) is 19.0 Å². The number of sulfonamides is 1. The average molecular weight is 299 g/mol. The van der Waals surface area contributed by atoms with Gasteiger partial charge in [-0.25, -0.2) is 8.42 Å². The molecule has 2 aromatic rings. The van der Waals surface area contributed by atoms with Gasteiger partial charge in [0.25, 0.3) is 0 Å². The maximum Gasteiger partial charge on any atom is 0.243 e. The van der Waals surface area contributed by atoms with Crippen molar-refractivity contribution >= 4 is 32.4 Å². The number of aromatic nitrogens is 1. The molecule has 1 aromatic heterocycles. The summed E-state index contributed by atoms with van der Waals surface area (Å²) >= 11 is 5.67. The van der Waals surface area contributed by atoms with Crippen LogP contribution >= 0.6 is 11.6 Å². The standard InChI is InChI=1S/C13H15ClN2O2S/c1-2-16(9-7-14)19(17,18)13-5-3-4-11-10-15-8-6-12(11)13/h3-6,8,10H,2,7,9H2,1H3. The Morgan fingerprint density at radius 2 is 2.11 bits per heavy atom. The van der Waals surface area contributed by atoms with Crippen molar-refractivity contribution in [3.63, 3.8) is 0 Å². The van der Waals surface area contributed by atoms with E-state index in [4.69, 9.17) is 11.6 Å². The lowest BCUT2D eigenvalue weighted by Crippen LogP contribution is -2.32. The number of rotatable bonds is 5. The van der Waals surface area contributed by atoms with E-state index in [1.807, 2.05) is 6.07 Å². The summed E-state index contributed by atoms with van der Waals surface area (Å²) in [7, 11) is -3.52. The summed E-state index contributed by atoms with van der Waals surface area (Å²) in [5.74, 6) is 0.277. The number of hydrogen-bond acceptors (Lipinski definition) is 3. The Labute approximate surface area is 118 Å². The third-order valence-electron chi connectivity index (χ3n) is 2.95. The largest absolute Gasteiger partial charge is 0.264 e. The highest BCUT2D eigenvalue weighted by molar-refractivity contribution is 7.89. The van der Waals surface area contributed by atoms with Crippen LogP contribution in [0.25, 0.3) is 10.8 Å². The maximum atomic E-state index is 12.6. The van der Waals surface area contributed by atoms with Gasteiger partial charge in [-0.2, -0.15) is 4.31 Å². The van der Waals surface area contributed by atoms with Crippen LogP contribution < -0.4 is 0 Å². The molecule has 0 atom stereocenters. The van der Waals surface area contributed by atoms with Crippen LogP contribution in [0.3, 0.4) is 0 Å². The minimum absolute atomic E-state index is 0.277. The fraction of sp³-hybridized carbons (Fsp3) is 0.308. The normalized spacial score (nSPS) is 12.2. The van der Waals surface area contributed by atoms with Crippen molar-refractivity contribution < 1.29 is 8.42 Å². The second kappa shape index (κ2) is 5.86. The first-order chi connectivity index (χ1) is 9.11. The van der Waals surface area contributed by atoms with Crippen LogP contribution in [0.1, 0.15) is 6.92 Å². The van der Waals surface area contributed by atoms with Crippen molar-refractivity contribution in [1.82, 2.24) is 9.29 Å². The Kier molecular flexibility index (Phi) is 4.39. The molecule has 0 aliphatic carbocycles. The monoisotopic (exact) mass is 298 g/mol. The molecule has 4 nitrogen and oxygen atoms in total. The Balaban J connectivity index is 2.60. The zero-order valence-electron chi connectivity index (χ0n) is 10.6. The first-order valence-electron chi connectivity index (χ1n) is 6.00. The highest BCUT2D eigenvalue weighted by Gasteiger charge is 2.24. The van der Waals surface area contributed by atoms with Crippen LogP contribution in [-0.2, 0) is 10.0 Å². The van der Waals surface area contributed by atoms with E-state index in [-0.39, 0.29) is 5.88 Å². The fourth-order valence-electron chi connectivity index (χ4n) is 2.00. The lowest BCUT2D eigenvalue weighted by atomic mass is 10.2. The van der Waals surface area contributed by atoms with Gasteiger partial charge in [0.2, 0.25) is 10.0 Å². The molecule has 0 bridgehead atoms.